The van der Waals surface area contributed by atoms with Crippen LogP contribution in [0.4, 0.5) is 0 Å². The van der Waals surface area contributed by atoms with Crippen molar-refractivity contribution in [3.05, 3.63) is 23.8 Å². The van der Waals surface area contributed by atoms with E-state index in [9.17, 15) is 4.79 Å². The number of benzene rings is 1. The topological polar surface area (TPSA) is 47.6 Å². The van der Waals surface area contributed by atoms with E-state index in [1.165, 1.54) is 0 Å². The van der Waals surface area contributed by atoms with Crippen LogP contribution in [0.15, 0.2) is 18.2 Å². The Hall–Kier alpha value is -1.42. The Labute approximate surface area is 119 Å². The van der Waals surface area contributed by atoms with Crippen molar-refractivity contribution >= 4 is 17.5 Å². The number of hydrogen-bond donors (Lipinski definition) is 1. The second-order valence-electron chi connectivity index (χ2n) is 4.49. The third-order valence-corrected chi connectivity index (χ3v) is 2.85. The molecule has 2 unspecified atom stereocenters. The van der Waals surface area contributed by atoms with Crippen molar-refractivity contribution in [1.82, 2.24) is 5.32 Å². The van der Waals surface area contributed by atoms with E-state index in [1.54, 1.807) is 32.4 Å². The van der Waals surface area contributed by atoms with E-state index in [4.69, 9.17) is 21.1 Å². The number of carbonyl (C=O) groups excluding carboxylic acids is 1. The molecule has 0 aliphatic carbocycles. The van der Waals surface area contributed by atoms with Gasteiger partial charge in [0.2, 0.25) is 0 Å². The van der Waals surface area contributed by atoms with Crippen molar-refractivity contribution in [2.45, 2.75) is 31.7 Å². The largest absolute Gasteiger partial charge is 0.497 e. The van der Waals surface area contributed by atoms with E-state index < -0.39 is 0 Å². The molecule has 0 bridgehead atoms. The normalized spacial score (nSPS) is 13.5. The summed E-state index contributed by atoms with van der Waals surface area (Å²) in [5.41, 5.74) is 0.505. The van der Waals surface area contributed by atoms with Crippen molar-refractivity contribution in [2.75, 3.05) is 14.2 Å². The Balaban J connectivity index is 2.81. The molecule has 1 amide bonds. The number of halogens is 1. The maximum absolute atomic E-state index is 12.1. The van der Waals surface area contributed by atoms with Gasteiger partial charge in [-0.3, -0.25) is 4.79 Å². The second kappa shape index (κ2) is 7.24. The van der Waals surface area contributed by atoms with Gasteiger partial charge in [0.15, 0.2) is 0 Å². The molecule has 0 saturated heterocycles. The first-order valence-corrected chi connectivity index (χ1v) is 6.58. The SMILES string of the molecule is COc1cc(OC)cc(C(=O)NC(C)CC(C)Cl)c1. The molecule has 1 N–H and O–H groups in total. The van der Waals surface area contributed by atoms with Crippen LogP contribution in [0.1, 0.15) is 30.6 Å². The Morgan fingerprint density at radius 1 is 1.21 bits per heavy atom. The molecule has 1 rings (SSSR count). The van der Waals surface area contributed by atoms with Gasteiger partial charge in [-0.2, -0.15) is 0 Å². The highest BCUT2D eigenvalue weighted by molar-refractivity contribution is 6.20. The summed E-state index contributed by atoms with van der Waals surface area (Å²) in [6.45, 7) is 3.83. The summed E-state index contributed by atoms with van der Waals surface area (Å²) in [7, 11) is 3.10. The third-order valence-electron chi connectivity index (χ3n) is 2.67. The number of ether oxygens (including phenoxy) is 2. The Morgan fingerprint density at radius 2 is 1.74 bits per heavy atom. The second-order valence-corrected chi connectivity index (χ2v) is 5.24. The zero-order valence-corrected chi connectivity index (χ0v) is 12.5. The standard InChI is InChI=1S/C14H20ClNO3/c1-9(15)5-10(2)16-14(17)11-6-12(18-3)8-13(7-11)19-4/h6-10H,5H2,1-4H3,(H,16,17). The fraction of sp³-hybridized carbons (Fsp3) is 0.500. The minimum absolute atomic E-state index is 0.0113. The van der Waals surface area contributed by atoms with Crippen molar-refractivity contribution < 1.29 is 14.3 Å². The first-order valence-electron chi connectivity index (χ1n) is 6.14. The van der Waals surface area contributed by atoms with E-state index >= 15 is 0 Å². The smallest absolute Gasteiger partial charge is 0.251 e. The summed E-state index contributed by atoms with van der Waals surface area (Å²) in [4.78, 5) is 12.1. The molecule has 1 aromatic rings. The van der Waals surface area contributed by atoms with Crippen LogP contribution in [0.25, 0.3) is 0 Å². The Morgan fingerprint density at radius 3 is 2.16 bits per heavy atom. The third kappa shape index (κ3) is 4.99. The molecular weight excluding hydrogens is 266 g/mol. The summed E-state index contributed by atoms with van der Waals surface area (Å²) >= 11 is 5.91. The molecule has 0 fully saturated rings. The molecule has 0 spiro atoms. The lowest BCUT2D eigenvalue weighted by atomic mass is 10.1. The number of carbonyl (C=O) groups is 1. The summed E-state index contributed by atoms with van der Waals surface area (Å²) < 4.78 is 10.3. The number of alkyl halides is 1. The zero-order valence-electron chi connectivity index (χ0n) is 11.7. The fourth-order valence-corrected chi connectivity index (χ4v) is 2.06. The number of nitrogens with one attached hydrogen (secondary N) is 1. The molecule has 0 saturated carbocycles. The van der Waals surface area contributed by atoms with Crippen LogP contribution in [-0.4, -0.2) is 31.5 Å². The summed E-state index contributed by atoms with van der Waals surface area (Å²) in [5.74, 6) is 1.01. The van der Waals surface area contributed by atoms with Gasteiger partial charge in [0, 0.05) is 23.0 Å². The lowest BCUT2D eigenvalue weighted by molar-refractivity contribution is 0.0938. The molecule has 0 aliphatic rings. The van der Waals surface area contributed by atoms with Crippen LogP contribution < -0.4 is 14.8 Å². The lowest BCUT2D eigenvalue weighted by Gasteiger charge is -2.15. The quantitative estimate of drug-likeness (QED) is 0.818. The Bertz CT molecular complexity index is 412. The van der Waals surface area contributed by atoms with Crippen LogP contribution in [-0.2, 0) is 0 Å². The molecule has 0 aliphatic heterocycles. The maximum atomic E-state index is 12.1. The zero-order chi connectivity index (χ0) is 14.4. The van der Waals surface area contributed by atoms with Crippen LogP contribution in [0.3, 0.4) is 0 Å². The number of rotatable bonds is 6. The molecule has 0 radical (unpaired) electrons. The predicted molar refractivity (Wildman–Crippen MR) is 76.4 cm³/mol. The van der Waals surface area contributed by atoms with Gasteiger partial charge in [0.25, 0.3) is 5.91 Å². The number of hydrogen-bond acceptors (Lipinski definition) is 3. The molecule has 5 heteroatoms. The molecule has 106 valence electrons. The fourth-order valence-electron chi connectivity index (χ4n) is 1.79. The molecule has 0 aromatic heterocycles. The summed E-state index contributed by atoms with van der Waals surface area (Å²) in [6.07, 6.45) is 0.717. The van der Waals surface area contributed by atoms with E-state index in [-0.39, 0.29) is 17.3 Å². The van der Waals surface area contributed by atoms with Gasteiger partial charge in [-0.25, -0.2) is 0 Å². The van der Waals surface area contributed by atoms with Crippen molar-refractivity contribution in [3.63, 3.8) is 0 Å². The molecule has 0 heterocycles. The highest BCUT2D eigenvalue weighted by Crippen LogP contribution is 2.22. The molecule has 4 nitrogen and oxygen atoms in total. The predicted octanol–water partition coefficient (Wildman–Crippen LogP) is 2.84. The van der Waals surface area contributed by atoms with Crippen molar-refractivity contribution in [3.8, 4) is 11.5 Å². The lowest BCUT2D eigenvalue weighted by Crippen LogP contribution is -2.33. The average Bonchev–Trinajstić information content (AvgIpc) is 2.36. The molecular formula is C14H20ClNO3. The minimum Gasteiger partial charge on any atom is -0.497 e. The van der Waals surface area contributed by atoms with E-state index in [0.717, 1.165) is 0 Å². The van der Waals surface area contributed by atoms with Gasteiger partial charge < -0.3 is 14.8 Å². The van der Waals surface area contributed by atoms with Crippen LogP contribution in [0, 0.1) is 0 Å². The first kappa shape index (κ1) is 15.6. The van der Waals surface area contributed by atoms with E-state index in [2.05, 4.69) is 5.32 Å². The van der Waals surface area contributed by atoms with Gasteiger partial charge >= 0.3 is 0 Å². The minimum atomic E-state index is -0.165. The van der Waals surface area contributed by atoms with E-state index in [0.29, 0.717) is 23.5 Å². The van der Waals surface area contributed by atoms with Gasteiger partial charge in [0.1, 0.15) is 11.5 Å². The van der Waals surface area contributed by atoms with Crippen LogP contribution in [0.5, 0.6) is 11.5 Å². The van der Waals surface area contributed by atoms with Gasteiger partial charge in [-0.05, 0) is 32.4 Å². The molecule has 2 atom stereocenters. The highest BCUT2D eigenvalue weighted by Gasteiger charge is 2.13. The van der Waals surface area contributed by atoms with Gasteiger partial charge in [0.05, 0.1) is 14.2 Å². The van der Waals surface area contributed by atoms with Gasteiger partial charge in [-0.15, -0.1) is 11.6 Å². The summed E-state index contributed by atoms with van der Waals surface area (Å²) in [6, 6.07) is 5.09. The van der Waals surface area contributed by atoms with E-state index in [1.807, 2.05) is 13.8 Å². The highest BCUT2D eigenvalue weighted by atomic mass is 35.5. The van der Waals surface area contributed by atoms with Gasteiger partial charge in [-0.1, -0.05) is 0 Å². The van der Waals surface area contributed by atoms with Crippen molar-refractivity contribution in [1.29, 1.82) is 0 Å². The van der Waals surface area contributed by atoms with Crippen LogP contribution in [0.2, 0.25) is 0 Å². The number of amides is 1. The first-order chi connectivity index (χ1) is 8.96. The van der Waals surface area contributed by atoms with Crippen molar-refractivity contribution in [2.24, 2.45) is 0 Å². The van der Waals surface area contributed by atoms with Crippen LogP contribution >= 0.6 is 11.6 Å². The number of methoxy groups -OCH3 is 2. The maximum Gasteiger partial charge on any atom is 0.251 e. The summed E-state index contributed by atoms with van der Waals surface area (Å²) in [5, 5.41) is 2.92. The monoisotopic (exact) mass is 285 g/mol. The Kier molecular flexibility index (Phi) is 5.96. The molecule has 1 aromatic carbocycles. The average molecular weight is 286 g/mol. The molecule has 19 heavy (non-hydrogen) atoms.